The van der Waals surface area contributed by atoms with Crippen molar-refractivity contribution in [1.82, 2.24) is 19.6 Å². The Balaban J connectivity index is 2.34. The van der Waals surface area contributed by atoms with Crippen molar-refractivity contribution in [1.29, 1.82) is 0 Å². The highest BCUT2D eigenvalue weighted by atomic mass is 19.4. The summed E-state index contributed by atoms with van der Waals surface area (Å²) in [6.45, 7) is 1.49. The van der Waals surface area contributed by atoms with Gasteiger partial charge in [0.2, 0.25) is 5.95 Å². The number of amides is 1. The predicted molar refractivity (Wildman–Crippen MR) is 74.4 cm³/mol. The van der Waals surface area contributed by atoms with E-state index in [1.165, 1.54) is 19.1 Å². The molecule has 0 aromatic carbocycles. The van der Waals surface area contributed by atoms with Crippen LogP contribution in [0, 0.1) is 12.9 Å². The zero-order chi connectivity index (χ0) is 17.6. The summed E-state index contributed by atoms with van der Waals surface area (Å²) in [5.41, 5.74) is 2.96. The van der Waals surface area contributed by atoms with Crippen LogP contribution < -0.4 is 5.73 Å². The van der Waals surface area contributed by atoms with E-state index in [1.54, 1.807) is 0 Å². The van der Waals surface area contributed by atoms with E-state index in [0.29, 0.717) is 5.56 Å². The summed E-state index contributed by atoms with van der Waals surface area (Å²) >= 11 is 0. The van der Waals surface area contributed by atoms with E-state index in [2.05, 4.69) is 15.1 Å². The van der Waals surface area contributed by atoms with Crippen LogP contribution in [0.25, 0.3) is 16.9 Å². The zero-order valence-corrected chi connectivity index (χ0v) is 12.1. The molecule has 10 heteroatoms. The van der Waals surface area contributed by atoms with Crippen molar-refractivity contribution in [2.75, 3.05) is 0 Å². The first-order chi connectivity index (χ1) is 11.2. The van der Waals surface area contributed by atoms with E-state index in [0.717, 1.165) is 16.8 Å². The molecule has 0 saturated carbocycles. The van der Waals surface area contributed by atoms with Crippen molar-refractivity contribution in [3.05, 3.63) is 47.3 Å². The fourth-order valence-electron chi connectivity index (χ4n) is 2.27. The van der Waals surface area contributed by atoms with Gasteiger partial charge in [-0.05, 0) is 25.1 Å². The van der Waals surface area contributed by atoms with Crippen LogP contribution in [-0.4, -0.2) is 25.5 Å². The topological polar surface area (TPSA) is 86.2 Å². The lowest BCUT2D eigenvalue weighted by Gasteiger charge is -2.08. The molecule has 0 fully saturated rings. The van der Waals surface area contributed by atoms with Crippen molar-refractivity contribution in [3.8, 4) is 11.3 Å². The first kappa shape index (κ1) is 15.8. The maximum atomic E-state index is 13.3. The van der Waals surface area contributed by atoms with Gasteiger partial charge in [0.15, 0.2) is 11.3 Å². The van der Waals surface area contributed by atoms with E-state index < -0.39 is 34.9 Å². The number of fused-ring (bicyclic) bond motifs is 1. The van der Waals surface area contributed by atoms with Crippen molar-refractivity contribution in [2.45, 2.75) is 13.1 Å². The van der Waals surface area contributed by atoms with Gasteiger partial charge >= 0.3 is 6.18 Å². The molecule has 124 valence electrons. The first-order valence-corrected chi connectivity index (χ1v) is 6.58. The Bertz CT molecular complexity index is 946. The molecule has 0 unspecified atom stereocenters. The molecule has 6 nitrogen and oxygen atoms in total. The third-order valence-corrected chi connectivity index (χ3v) is 3.31. The van der Waals surface area contributed by atoms with Gasteiger partial charge in [-0.3, -0.25) is 4.79 Å². The Kier molecular flexibility index (Phi) is 3.47. The summed E-state index contributed by atoms with van der Waals surface area (Å²) in [6.07, 6.45) is -3.72. The molecule has 0 atom stereocenters. The molecule has 0 bridgehead atoms. The van der Waals surface area contributed by atoms with E-state index in [-0.39, 0.29) is 11.4 Å². The minimum absolute atomic E-state index is 0.133. The Morgan fingerprint density at radius 1 is 1.29 bits per heavy atom. The Hall–Kier alpha value is -3.04. The molecule has 0 spiro atoms. The minimum atomic E-state index is -4.87. The Labute approximate surface area is 131 Å². The number of aromatic nitrogens is 4. The van der Waals surface area contributed by atoms with Crippen LogP contribution >= 0.6 is 0 Å². The number of carbonyl (C=O) groups excluding carboxylic acids is 1. The smallest absolute Gasteiger partial charge is 0.364 e. The van der Waals surface area contributed by atoms with E-state index in [9.17, 15) is 22.4 Å². The number of carbonyl (C=O) groups is 1. The lowest BCUT2D eigenvalue weighted by molar-refractivity contribution is -0.136. The van der Waals surface area contributed by atoms with E-state index in [4.69, 9.17) is 5.73 Å². The van der Waals surface area contributed by atoms with Gasteiger partial charge in [0.05, 0.1) is 5.69 Å². The number of hydrogen-bond donors (Lipinski definition) is 1. The normalized spacial score (nSPS) is 11.9. The molecular weight excluding hydrogens is 330 g/mol. The van der Waals surface area contributed by atoms with Crippen LogP contribution in [0.2, 0.25) is 0 Å². The molecule has 1 amide bonds. The van der Waals surface area contributed by atoms with Crippen molar-refractivity contribution in [2.24, 2.45) is 5.73 Å². The van der Waals surface area contributed by atoms with Crippen molar-refractivity contribution in [3.63, 3.8) is 0 Å². The number of nitrogens with two attached hydrogens (primary N) is 1. The summed E-state index contributed by atoms with van der Waals surface area (Å²) in [4.78, 5) is 18.7. The lowest BCUT2D eigenvalue weighted by Crippen LogP contribution is -2.18. The summed E-state index contributed by atoms with van der Waals surface area (Å²) < 4.78 is 53.8. The van der Waals surface area contributed by atoms with Crippen LogP contribution in [0.3, 0.4) is 0 Å². The molecule has 2 N–H and O–H groups in total. The van der Waals surface area contributed by atoms with Gasteiger partial charge in [0, 0.05) is 17.5 Å². The number of alkyl halides is 3. The number of hydrogen-bond acceptors (Lipinski definition) is 4. The average molecular weight is 339 g/mol. The number of primary amides is 1. The molecule has 0 aliphatic carbocycles. The van der Waals surface area contributed by atoms with E-state index >= 15 is 0 Å². The van der Waals surface area contributed by atoms with Crippen LogP contribution in [0.1, 0.15) is 21.7 Å². The summed E-state index contributed by atoms with van der Waals surface area (Å²) in [5.74, 6) is -2.04. The van der Waals surface area contributed by atoms with Gasteiger partial charge in [-0.25, -0.2) is 14.5 Å². The molecule has 0 saturated heterocycles. The van der Waals surface area contributed by atoms with Gasteiger partial charge in [-0.15, -0.1) is 0 Å². The molecular formula is C14H9F4N5O. The number of nitrogens with zero attached hydrogens (tertiary/aromatic N) is 4. The fraction of sp³-hybridized carbons (Fsp3) is 0.143. The molecule has 3 heterocycles. The highest BCUT2D eigenvalue weighted by Gasteiger charge is 2.41. The van der Waals surface area contributed by atoms with Crippen LogP contribution in [0.15, 0.2) is 24.4 Å². The summed E-state index contributed by atoms with van der Waals surface area (Å²) in [7, 11) is 0. The molecule has 3 aromatic rings. The highest BCUT2D eigenvalue weighted by molar-refractivity contribution is 5.94. The van der Waals surface area contributed by atoms with Crippen LogP contribution in [0.4, 0.5) is 17.6 Å². The maximum Gasteiger partial charge on any atom is 0.422 e. The van der Waals surface area contributed by atoms with Crippen molar-refractivity contribution < 1.29 is 22.4 Å². The van der Waals surface area contributed by atoms with Crippen LogP contribution in [0.5, 0.6) is 0 Å². The van der Waals surface area contributed by atoms with Gasteiger partial charge < -0.3 is 5.73 Å². The zero-order valence-electron chi connectivity index (χ0n) is 12.1. The quantitative estimate of drug-likeness (QED) is 0.574. The number of rotatable bonds is 2. The fourth-order valence-corrected chi connectivity index (χ4v) is 2.27. The summed E-state index contributed by atoms with van der Waals surface area (Å²) in [6, 6.07) is 3.84. The second-order valence-electron chi connectivity index (χ2n) is 4.97. The minimum Gasteiger partial charge on any atom is -0.364 e. The number of aryl methyl sites for hydroxylation is 1. The third-order valence-electron chi connectivity index (χ3n) is 3.31. The monoisotopic (exact) mass is 339 g/mol. The van der Waals surface area contributed by atoms with Gasteiger partial charge in [0.1, 0.15) is 5.56 Å². The second kappa shape index (κ2) is 5.25. The third kappa shape index (κ3) is 2.55. The Morgan fingerprint density at radius 3 is 2.54 bits per heavy atom. The number of halogens is 4. The van der Waals surface area contributed by atoms with Crippen molar-refractivity contribution >= 4 is 11.6 Å². The predicted octanol–water partition coefficient (Wildman–Crippen LogP) is 2.36. The SMILES string of the molecule is Cc1cc(-c2ccc(F)nc2)nc2c(C(F)(F)F)c(C(N)=O)nn12. The average Bonchev–Trinajstić information content (AvgIpc) is 2.88. The molecule has 0 aliphatic heterocycles. The lowest BCUT2D eigenvalue weighted by atomic mass is 10.1. The Morgan fingerprint density at radius 2 is 2.00 bits per heavy atom. The number of pyridine rings is 1. The van der Waals surface area contributed by atoms with E-state index in [1.807, 2.05) is 0 Å². The second-order valence-corrected chi connectivity index (χ2v) is 4.97. The van der Waals surface area contributed by atoms with Crippen LogP contribution in [-0.2, 0) is 6.18 Å². The molecule has 0 radical (unpaired) electrons. The highest BCUT2D eigenvalue weighted by Crippen LogP contribution is 2.35. The first-order valence-electron chi connectivity index (χ1n) is 6.58. The van der Waals surface area contributed by atoms with Gasteiger partial charge in [0.25, 0.3) is 5.91 Å². The molecule has 0 aliphatic rings. The van der Waals surface area contributed by atoms with Gasteiger partial charge in [-0.2, -0.15) is 22.7 Å². The summed E-state index contributed by atoms with van der Waals surface area (Å²) in [5, 5.41) is 3.61. The molecule has 3 aromatic heterocycles. The molecule has 24 heavy (non-hydrogen) atoms. The van der Waals surface area contributed by atoms with Gasteiger partial charge in [-0.1, -0.05) is 0 Å². The largest absolute Gasteiger partial charge is 0.422 e. The maximum absolute atomic E-state index is 13.3. The standard InChI is InChI=1S/C14H9F4N5O/c1-6-4-8(7-2-3-9(15)20-5-7)21-13-10(14(16,17)18)11(12(19)24)22-23(6)13/h2-5H,1H3,(H2,19,24). The molecule has 3 rings (SSSR count).